The molecule has 0 fully saturated rings. The lowest BCUT2D eigenvalue weighted by atomic mass is 10.1. The molecule has 4 nitrogen and oxygen atoms in total. The van der Waals surface area contributed by atoms with Crippen LogP contribution in [0.25, 0.3) is 0 Å². The lowest BCUT2D eigenvalue weighted by Crippen LogP contribution is -2.07. The van der Waals surface area contributed by atoms with Crippen LogP contribution in [0.4, 0.5) is 0 Å². The molecule has 0 aliphatic rings. The van der Waals surface area contributed by atoms with Crippen molar-refractivity contribution in [2.75, 3.05) is 20.8 Å². The maximum atomic E-state index is 11.6. The van der Waals surface area contributed by atoms with E-state index in [2.05, 4.69) is 0 Å². The SMILES string of the molecule is CC.CCOC(=O)c1cc(OC)c(OC)cc1C. The van der Waals surface area contributed by atoms with E-state index in [1.807, 2.05) is 20.8 Å². The summed E-state index contributed by atoms with van der Waals surface area (Å²) in [7, 11) is 3.09. The molecule has 0 aliphatic heterocycles. The molecule has 0 saturated heterocycles. The highest BCUT2D eigenvalue weighted by atomic mass is 16.5. The van der Waals surface area contributed by atoms with Crippen LogP contribution < -0.4 is 9.47 Å². The number of hydrogen-bond acceptors (Lipinski definition) is 4. The molecular weight excluding hydrogens is 232 g/mol. The van der Waals surface area contributed by atoms with Gasteiger partial charge in [-0.2, -0.15) is 0 Å². The third-order valence-electron chi connectivity index (χ3n) is 2.23. The number of carbonyl (C=O) groups is 1. The van der Waals surface area contributed by atoms with Gasteiger partial charge >= 0.3 is 5.97 Å². The number of carbonyl (C=O) groups excluding carboxylic acids is 1. The first kappa shape index (κ1) is 16.3. The second kappa shape index (κ2) is 8.39. The molecule has 1 aromatic rings. The Morgan fingerprint density at radius 1 is 1.11 bits per heavy atom. The first-order valence-corrected chi connectivity index (χ1v) is 6.03. The van der Waals surface area contributed by atoms with Crippen LogP contribution in [0.5, 0.6) is 11.5 Å². The van der Waals surface area contributed by atoms with Crippen LogP contribution in [-0.2, 0) is 4.74 Å². The van der Waals surface area contributed by atoms with Crippen molar-refractivity contribution in [2.24, 2.45) is 0 Å². The zero-order chi connectivity index (χ0) is 14.1. The second-order valence-electron chi connectivity index (χ2n) is 3.24. The number of benzene rings is 1. The third kappa shape index (κ3) is 3.95. The molecule has 0 radical (unpaired) electrons. The molecule has 0 saturated carbocycles. The van der Waals surface area contributed by atoms with Crippen molar-refractivity contribution in [1.29, 1.82) is 0 Å². The molecule has 0 spiro atoms. The van der Waals surface area contributed by atoms with E-state index in [-0.39, 0.29) is 5.97 Å². The topological polar surface area (TPSA) is 44.8 Å². The van der Waals surface area contributed by atoms with Gasteiger partial charge in [-0.15, -0.1) is 0 Å². The Morgan fingerprint density at radius 2 is 1.61 bits per heavy atom. The van der Waals surface area contributed by atoms with Gasteiger partial charge < -0.3 is 14.2 Å². The Kier molecular flexibility index (Phi) is 7.59. The summed E-state index contributed by atoms with van der Waals surface area (Å²) in [5.41, 5.74) is 1.30. The fraction of sp³-hybridized carbons (Fsp3) is 0.500. The van der Waals surface area contributed by atoms with E-state index in [1.54, 1.807) is 26.2 Å². The van der Waals surface area contributed by atoms with Gasteiger partial charge in [0, 0.05) is 0 Å². The molecule has 0 aliphatic carbocycles. The van der Waals surface area contributed by atoms with Crippen molar-refractivity contribution in [1.82, 2.24) is 0 Å². The van der Waals surface area contributed by atoms with E-state index < -0.39 is 0 Å². The summed E-state index contributed by atoms with van der Waals surface area (Å²) in [5.74, 6) is 0.783. The highest BCUT2D eigenvalue weighted by Crippen LogP contribution is 2.30. The Hall–Kier alpha value is -1.71. The van der Waals surface area contributed by atoms with Crippen LogP contribution >= 0.6 is 0 Å². The van der Waals surface area contributed by atoms with E-state index >= 15 is 0 Å². The first-order valence-electron chi connectivity index (χ1n) is 6.03. The average Bonchev–Trinajstić information content (AvgIpc) is 2.40. The van der Waals surface area contributed by atoms with Crippen molar-refractivity contribution in [3.8, 4) is 11.5 Å². The summed E-state index contributed by atoms with van der Waals surface area (Å²) in [6.07, 6.45) is 0. The van der Waals surface area contributed by atoms with Crippen molar-refractivity contribution < 1.29 is 19.0 Å². The van der Waals surface area contributed by atoms with Crippen LogP contribution in [0, 0.1) is 6.92 Å². The Balaban J connectivity index is 0.00000137. The van der Waals surface area contributed by atoms with Crippen LogP contribution in [0.1, 0.15) is 36.7 Å². The highest BCUT2D eigenvalue weighted by molar-refractivity contribution is 5.92. The summed E-state index contributed by atoms with van der Waals surface area (Å²) in [6.45, 7) is 7.95. The van der Waals surface area contributed by atoms with Gasteiger partial charge in [-0.3, -0.25) is 0 Å². The van der Waals surface area contributed by atoms with E-state index in [9.17, 15) is 4.79 Å². The third-order valence-corrected chi connectivity index (χ3v) is 2.23. The molecule has 1 aromatic carbocycles. The first-order chi connectivity index (χ1) is 8.63. The summed E-state index contributed by atoms with van der Waals surface area (Å²) < 4.78 is 15.2. The summed E-state index contributed by atoms with van der Waals surface area (Å²) >= 11 is 0. The second-order valence-corrected chi connectivity index (χ2v) is 3.24. The highest BCUT2D eigenvalue weighted by Gasteiger charge is 2.14. The number of esters is 1. The Labute approximate surface area is 109 Å². The number of methoxy groups -OCH3 is 2. The predicted molar refractivity (Wildman–Crippen MR) is 71.6 cm³/mol. The Morgan fingerprint density at radius 3 is 2.06 bits per heavy atom. The van der Waals surface area contributed by atoms with Gasteiger partial charge in [-0.05, 0) is 31.5 Å². The standard InChI is InChI=1S/C12H16O4.C2H6/c1-5-16-12(13)9-7-11(15-4)10(14-3)6-8(9)2;1-2/h6-7H,5H2,1-4H3;1-2H3. The van der Waals surface area contributed by atoms with E-state index in [0.717, 1.165) is 5.56 Å². The molecule has 0 aromatic heterocycles. The van der Waals surface area contributed by atoms with Crippen molar-refractivity contribution in [3.05, 3.63) is 23.3 Å². The van der Waals surface area contributed by atoms with E-state index in [1.165, 1.54) is 7.11 Å². The van der Waals surface area contributed by atoms with Gasteiger partial charge in [-0.1, -0.05) is 13.8 Å². The predicted octanol–water partition coefficient (Wildman–Crippen LogP) is 3.22. The minimum absolute atomic E-state index is 0.346. The molecule has 1 rings (SSSR count). The molecule has 0 amide bonds. The van der Waals surface area contributed by atoms with Crippen molar-refractivity contribution >= 4 is 5.97 Å². The van der Waals surface area contributed by atoms with Crippen molar-refractivity contribution in [2.45, 2.75) is 27.7 Å². The van der Waals surface area contributed by atoms with Crippen LogP contribution in [0.15, 0.2) is 12.1 Å². The number of hydrogen-bond donors (Lipinski definition) is 0. The zero-order valence-corrected chi connectivity index (χ0v) is 12.0. The fourth-order valence-electron chi connectivity index (χ4n) is 1.41. The van der Waals surface area contributed by atoms with E-state index in [0.29, 0.717) is 23.7 Å². The molecule has 0 atom stereocenters. The quantitative estimate of drug-likeness (QED) is 0.774. The minimum Gasteiger partial charge on any atom is -0.493 e. The molecule has 18 heavy (non-hydrogen) atoms. The molecular formula is C14H22O4. The van der Waals surface area contributed by atoms with Crippen molar-refractivity contribution in [3.63, 3.8) is 0 Å². The number of ether oxygens (including phenoxy) is 3. The van der Waals surface area contributed by atoms with Crippen LogP contribution in [0.3, 0.4) is 0 Å². The minimum atomic E-state index is -0.346. The van der Waals surface area contributed by atoms with Gasteiger partial charge in [0.25, 0.3) is 0 Å². The maximum absolute atomic E-state index is 11.6. The molecule has 0 heterocycles. The summed E-state index contributed by atoms with van der Waals surface area (Å²) in [4.78, 5) is 11.6. The van der Waals surface area contributed by atoms with Gasteiger partial charge in [0.15, 0.2) is 11.5 Å². The lowest BCUT2D eigenvalue weighted by molar-refractivity contribution is 0.0525. The average molecular weight is 254 g/mol. The molecule has 4 heteroatoms. The molecule has 102 valence electrons. The summed E-state index contributed by atoms with van der Waals surface area (Å²) in [6, 6.07) is 3.39. The van der Waals surface area contributed by atoms with Crippen LogP contribution in [0.2, 0.25) is 0 Å². The van der Waals surface area contributed by atoms with Gasteiger partial charge in [0.2, 0.25) is 0 Å². The van der Waals surface area contributed by atoms with E-state index in [4.69, 9.17) is 14.2 Å². The van der Waals surface area contributed by atoms with Crippen LogP contribution in [-0.4, -0.2) is 26.8 Å². The van der Waals surface area contributed by atoms with Gasteiger partial charge in [0.05, 0.1) is 26.4 Å². The van der Waals surface area contributed by atoms with Gasteiger partial charge in [-0.25, -0.2) is 4.79 Å². The largest absolute Gasteiger partial charge is 0.493 e. The lowest BCUT2D eigenvalue weighted by Gasteiger charge is -2.11. The number of aryl methyl sites for hydroxylation is 1. The fourth-order valence-corrected chi connectivity index (χ4v) is 1.41. The summed E-state index contributed by atoms with van der Waals surface area (Å²) in [5, 5.41) is 0. The smallest absolute Gasteiger partial charge is 0.338 e. The molecule has 0 unspecified atom stereocenters. The monoisotopic (exact) mass is 254 g/mol. The number of rotatable bonds is 4. The molecule has 0 N–H and O–H groups in total. The maximum Gasteiger partial charge on any atom is 0.338 e. The van der Waals surface area contributed by atoms with Gasteiger partial charge in [0.1, 0.15) is 0 Å². The normalized spacial score (nSPS) is 9.00. The molecule has 0 bridgehead atoms. The Bertz CT molecular complexity index is 386. The zero-order valence-electron chi connectivity index (χ0n) is 12.0.